The van der Waals surface area contributed by atoms with E-state index < -0.39 is 0 Å². The van der Waals surface area contributed by atoms with E-state index in [1.165, 1.54) is 27.2 Å². The number of pyridine rings is 1. The van der Waals surface area contributed by atoms with Crippen molar-refractivity contribution >= 4 is 82.5 Å². The number of hydrogen-bond donors (Lipinski definition) is 0. The summed E-state index contributed by atoms with van der Waals surface area (Å²) in [5.74, 6) is 1.99. The topological polar surface area (TPSA) is 43.4 Å². The molecule has 1 aliphatic rings. The summed E-state index contributed by atoms with van der Waals surface area (Å²) >= 11 is 0. The predicted octanol–water partition coefficient (Wildman–Crippen LogP) is 16.2. The summed E-state index contributed by atoms with van der Waals surface area (Å²) in [4.78, 5) is 9.89. The molecule has 0 unspecified atom stereocenters. The molecular formula is C64H45N6OPt-3. The fourth-order valence-electron chi connectivity index (χ4n) is 11.1. The van der Waals surface area contributed by atoms with E-state index >= 15 is 0 Å². The molecule has 0 saturated carbocycles. The van der Waals surface area contributed by atoms with Gasteiger partial charge in [0, 0.05) is 88.3 Å². The average molecular weight is 1110 g/mol. The van der Waals surface area contributed by atoms with Crippen LogP contribution in [0.2, 0.25) is 0 Å². The van der Waals surface area contributed by atoms with Crippen LogP contribution >= 0.6 is 0 Å². The zero-order valence-electron chi connectivity index (χ0n) is 39.7. The Labute approximate surface area is 431 Å². The number of nitrogens with zero attached hydrogens (tertiary/aromatic N) is 6. The zero-order chi connectivity index (χ0) is 47.3. The maximum atomic E-state index is 6.65. The second kappa shape index (κ2) is 17.2. The molecule has 0 spiro atoms. The molecule has 7 nitrogen and oxygen atoms in total. The Hall–Kier alpha value is -8.38. The molecule has 350 valence electrons. The van der Waals surface area contributed by atoms with E-state index in [2.05, 4.69) is 251 Å². The monoisotopic (exact) mass is 1110 g/mol. The Balaban J connectivity index is 0.00000504. The second-order valence-electron chi connectivity index (χ2n) is 18.7. The van der Waals surface area contributed by atoms with Crippen molar-refractivity contribution in [2.75, 3.05) is 9.80 Å². The van der Waals surface area contributed by atoms with Crippen molar-refractivity contribution in [3.05, 3.63) is 231 Å². The number of aromatic nitrogens is 4. The van der Waals surface area contributed by atoms with Crippen molar-refractivity contribution in [3.63, 3.8) is 0 Å². The predicted molar refractivity (Wildman–Crippen MR) is 292 cm³/mol. The van der Waals surface area contributed by atoms with Crippen LogP contribution in [0.3, 0.4) is 0 Å². The van der Waals surface area contributed by atoms with E-state index in [9.17, 15) is 0 Å². The third-order valence-corrected chi connectivity index (χ3v) is 14.3. The number of para-hydroxylation sites is 7. The first-order valence-corrected chi connectivity index (χ1v) is 24.2. The number of benzene rings is 9. The Morgan fingerprint density at radius 1 is 0.472 bits per heavy atom. The molecule has 13 aromatic rings. The van der Waals surface area contributed by atoms with Crippen LogP contribution < -0.4 is 14.5 Å². The summed E-state index contributed by atoms with van der Waals surface area (Å²) in [6, 6.07) is 78.6. The summed E-state index contributed by atoms with van der Waals surface area (Å²) in [7, 11) is 0. The fraction of sp³-hybridized carbons (Fsp3) is 0.0625. The van der Waals surface area contributed by atoms with Crippen LogP contribution in [-0.2, 0) is 21.1 Å². The van der Waals surface area contributed by atoms with Crippen LogP contribution in [0, 0.1) is 25.7 Å². The van der Waals surface area contributed by atoms with Crippen molar-refractivity contribution in [1.82, 2.24) is 18.7 Å². The van der Waals surface area contributed by atoms with Gasteiger partial charge >= 0.3 is 0 Å². The molecule has 0 bridgehead atoms. The number of fused-ring (bicyclic) bond motifs is 10. The third kappa shape index (κ3) is 6.72. The van der Waals surface area contributed by atoms with Gasteiger partial charge < -0.3 is 28.2 Å². The minimum absolute atomic E-state index is 0. The molecule has 5 heterocycles. The summed E-state index contributed by atoms with van der Waals surface area (Å²) < 4.78 is 13.7. The van der Waals surface area contributed by atoms with Crippen LogP contribution in [0.1, 0.15) is 19.4 Å². The van der Waals surface area contributed by atoms with Crippen molar-refractivity contribution < 1.29 is 25.8 Å². The number of rotatable bonds is 8. The molecule has 1 aliphatic heterocycles. The van der Waals surface area contributed by atoms with Gasteiger partial charge in [-0.3, -0.25) is 0 Å². The Bertz CT molecular complexity index is 4040. The molecule has 0 N–H and O–H groups in total. The van der Waals surface area contributed by atoms with Crippen LogP contribution in [0.4, 0.5) is 17.1 Å². The summed E-state index contributed by atoms with van der Waals surface area (Å²) in [6.45, 7) is 8.77. The first-order chi connectivity index (χ1) is 35.0. The van der Waals surface area contributed by atoms with Crippen LogP contribution in [0.25, 0.3) is 93.7 Å². The largest absolute Gasteiger partial charge is 0.509 e. The Morgan fingerprint density at radius 2 is 0.944 bits per heavy atom. The minimum atomic E-state index is 0. The van der Waals surface area contributed by atoms with Crippen molar-refractivity contribution in [3.8, 4) is 39.8 Å². The van der Waals surface area contributed by atoms with Crippen LogP contribution in [-0.4, -0.2) is 24.7 Å². The molecule has 0 amide bonds. The molecule has 14 rings (SSSR count). The summed E-state index contributed by atoms with van der Waals surface area (Å²) in [5.41, 5.74) is 15.1. The van der Waals surface area contributed by atoms with E-state index in [0.29, 0.717) is 17.5 Å². The maximum absolute atomic E-state index is 6.65. The van der Waals surface area contributed by atoms with Crippen LogP contribution in [0.15, 0.2) is 206 Å². The first kappa shape index (κ1) is 43.6. The van der Waals surface area contributed by atoms with Gasteiger partial charge in [-0.15, -0.1) is 41.4 Å². The number of anilines is 3. The molecule has 0 fully saturated rings. The first-order valence-electron chi connectivity index (χ1n) is 24.2. The maximum Gasteiger partial charge on any atom is 0.135 e. The Morgan fingerprint density at radius 3 is 1.50 bits per heavy atom. The summed E-state index contributed by atoms with van der Waals surface area (Å²) in [6.07, 6.45) is 2.07. The second-order valence-corrected chi connectivity index (χ2v) is 18.7. The van der Waals surface area contributed by atoms with Gasteiger partial charge in [-0.05, 0) is 98.4 Å². The normalized spacial score (nSPS) is 12.6. The molecule has 4 aromatic heterocycles. The van der Waals surface area contributed by atoms with Crippen LogP contribution in [0.5, 0.6) is 11.5 Å². The van der Waals surface area contributed by atoms with E-state index in [4.69, 9.17) is 9.72 Å². The average Bonchev–Trinajstić information content (AvgIpc) is 4.16. The smallest absolute Gasteiger partial charge is 0.135 e. The standard InChI is InChI=1S/C64H45N6O.Pt/c1-41(2)66-40-67(59-31-15-14-30-58(59)66)43-18-16-19-44(37-43)71-45-34-35-51-50-24-8-13-29-57(50)70(62(51)38-45)63-36-42(3)52(39-65-63)64-60(68-53-25-9-4-20-46(53)47-21-5-10-26-54(47)68)32-17-33-61(64)69-55-27-11-6-22-48(55)49-23-7-12-28-56(49)69;/h4-36,39-41H,1-3H3;/q-3;. The number of hydrogen-bond acceptors (Lipinski definition) is 4. The zero-order valence-corrected chi connectivity index (χ0v) is 42.0. The molecule has 0 radical (unpaired) electrons. The molecule has 9 aromatic carbocycles. The van der Waals surface area contributed by atoms with Gasteiger partial charge in [0.1, 0.15) is 5.82 Å². The van der Waals surface area contributed by atoms with Crippen molar-refractivity contribution in [1.29, 1.82) is 0 Å². The van der Waals surface area contributed by atoms with Gasteiger partial charge in [-0.2, -0.15) is 18.8 Å². The molecule has 72 heavy (non-hydrogen) atoms. The summed E-state index contributed by atoms with van der Waals surface area (Å²) in [5, 5.41) is 7.04. The van der Waals surface area contributed by atoms with Gasteiger partial charge in [0.05, 0.1) is 33.4 Å². The van der Waals surface area contributed by atoms with E-state index in [1.807, 2.05) is 18.2 Å². The van der Waals surface area contributed by atoms with Crippen molar-refractivity contribution in [2.24, 2.45) is 0 Å². The fourth-order valence-corrected chi connectivity index (χ4v) is 11.1. The van der Waals surface area contributed by atoms with E-state index in [1.54, 1.807) is 0 Å². The molecular weight excluding hydrogens is 1060 g/mol. The number of aryl methyl sites for hydroxylation is 1. The van der Waals surface area contributed by atoms with Gasteiger partial charge in [-0.1, -0.05) is 115 Å². The van der Waals surface area contributed by atoms with E-state index in [-0.39, 0.29) is 21.1 Å². The van der Waals surface area contributed by atoms with Gasteiger partial charge in [0.25, 0.3) is 0 Å². The Kier molecular flexibility index (Phi) is 10.4. The molecule has 0 atom stereocenters. The van der Waals surface area contributed by atoms with Gasteiger partial charge in [0.2, 0.25) is 0 Å². The van der Waals surface area contributed by atoms with Gasteiger partial charge in [0.15, 0.2) is 0 Å². The number of ether oxygens (including phenoxy) is 1. The van der Waals surface area contributed by atoms with Gasteiger partial charge in [-0.25, -0.2) is 4.98 Å². The minimum Gasteiger partial charge on any atom is -0.509 e. The van der Waals surface area contributed by atoms with E-state index in [0.717, 1.165) is 89.1 Å². The molecule has 8 heteroatoms. The van der Waals surface area contributed by atoms with Crippen molar-refractivity contribution in [2.45, 2.75) is 26.8 Å². The third-order valence-electron chi connectivity index (χ3n) is 14.3. The molecule has 0 saturated heterocycles. The molecule has 0 aliphatic carbocycles. The quantitative estimate of drug-likeness (QED) is 0.142. The SMILES string of the molecule is Cc1cc(-n2c3[c-]c(Oc4[c-]c(N5[CH-]N(C(C)C)c6ccccc65)ccc4)ccc3c3ccccc32)ncc1-c1c(-n2c3ccccc3c3ccccc32)cccc1-n1c2ccccc2c2ccccc21.[Pt].